The van der Waals surface area contributed by atoms with Crippen molar-refractivity contribution in [3.8, 4) is 17.2 Å². The smallest absolute Gasteiger partial charge is 0.375 e. The SMILES string of the molecule is O=C(O)C1=COc2cc([O-])ccc2O1. The number of carbonyl (C=O) groups is 1. The van der Waals surface area contributed by atoms with E-state index in [9.17, 15) is 9.90 Å². The molecule has 0 amide bonds. The van der Waals surface area contributed by atoms with Crippen molar-refractivity contribution < 1.29 is 24.5 Å². The highest BCUT2D eigenvalue weighted by Crippen LogP contribution is 2.34. The minimum atomic E-state index is -1.22. The van der Waals surface area contributed by atoms with Crippen molar-refractivity contribution in [2.75, 3.05) is 0 Å². The number of benzene rings is 1. The van der Waals surface area contributed by atoms with Crippen LogP contribution in [0.5, 0.6) is 17.2 Å². The first kappa shape index (κ1) is 8.43. The number of rotatable bonds is 1. The van der Waals surface area contributed by atoms with E-state index in [0.717, 1.165) is 6.26 Å². The summed E-state index contributed by atoms with van der Waals surface area (Å²) in [6.45, 7) is 0. The van der Waals surface area contributed by atoms with Crippen LogP contribution in [0, 0.1) is 0 Å². The molecule has 1 aromatic carbocycles. The number of carboxylic acid groups (broad SMARTS) is 1. The molecule has 1 aromatic rings. The van der Waals surface area contributed by atoms with Crippen molar-refractivity contribution in [1.29, 1.82) is 0 Å². The van der Waals surface area contributed by atoms with Crippen LogP contribution in [0.1, 0.15) is 0 Å². The molecule has 72 valence electrons. The van der Waals surface area contributed by atoms with Gasteiger partial charge in [-0.05, 0) is 12.1 Å². The summed E-state index contributed by atoms with van der Waals surface area (Å²) in [7, 11) is 0. The Morgan fingerprint density at radius 1 is 1.36 bits per heavy atom. The number of fused-ring (bicyclic) bond motifs is 1. The van der Waals surface area contributed by atoms with E-state index in [4.69, 9.17) is 14.6 Å². The number of hydrogen-bond donors (Lipinski definition) is 1. The van der Waals surface area contributed by atoms with Crippen LogP contribution in [0.2, 0.25) is 0 Å². The van der Waals surface area contributed by atoms with Crippen LogP contribution >= 0.6 is 0 Å². The predicted octanol–water partition coefficient (Wildman–Crippen LogP) is 0.457. The van der Waals surface area contributed by atoms with E-state index in [-0.39, 0.29) is 23.0 Å². The molecule has 1 aliphatic rings. The van der Waals surface area contributed by atoms with Crippen molar-refractivity contribution in [2.24, 2.45) is 0 Å². The summed E-state index contributed by atoms with van der Waals surface area (Å²) >= 11 is 0. The lowest BCUT2D eigenvalue weighted by atomic mass is 10.3. The molecular formula is C9H5O5-. The van der Waals surface area contributed by atoms with Crippen molar-refractivity contribution in [2.45, 2.75) is 0 Å². The Kier molecular flexibility index (Phi) is 1.78. The van der Waals surface area contributed by atoms with Crippen molar-refractivity contribution >= 4 is 5.97 Å². The molecule has 1 heterocycles. The second-order valence-corrected chi connectivity index (χ2v) is 2.62. The highest BCUT2D eigenvalue weighted by molar-refractivity contribution is 5.85. The molecule has 0 saturated heterocycles. The van der Waals surface area contributed by atoms with Gasteiger partial charge in [0.05, 0.1) is 0 Å². The van der Waals surface area contributed by atoms with Gasteiger partial charge in [0.1, 0.15) is 6.26 Å². The van der Waals surface area contributed by atoms with E-state index in [1.807, 2.05) is 0 Å². The highest BCUT2D eigenvalue weighted by Gasteiger charge is 2.18. The molecule has 0 saturated carbocycles. The zero-order valence-electron chi connectivity index (χ0n) is 6.89. The fraction of sp³-hybridized carbons (Fsp3) is 0. The minimum absolute atomic E-state index is 0.223. The van der Waals surface area contributed by atoms with Crippen LogP contribution in [0.15, 0.2) is 30.2 Å². The molecule has 1 N–H and O–H groups in total. The summed E-state index contributed by atoms with van der Waals surface area (Å²) in [5, 5.41) is 19.5. The van der Waals surface area contributed by atoms with Gasteiger partial charge in [0.25, 0.3) is 0 Å². The first-order chi connectivity index (χ1) is 6.66. The quantitative estimate of drug-likeness (QED) is 0.700. The van der Waals surface area contributed by atoms with Gasteiger partial charge in [0, 0.05) is 0 Å². The molecule has 2 rings (SSSR count). The third-order valence-corrected chi connectivity index (χ3v) is 1.64. The van der Waals surface area contributed by atoms with Gasteiger partial charge in [-0.15, -0.1) is 5.75 Å². The molecular weight excluding hydrogens is 188 g/mol. The summed E-state index contributed by atoms with van der Waals surface area (Å²) in [5.41, 5.74) is 0. The third-order valence-electron chi connectivity index (χ3n) is 1.64. The number of carboxylic acids is 1. The summed E-state index contributed by atoms with van der Waals surface area (Å²) in [5.74, 6) is -1.30. The first-order valence-corrected chi connectivity index (χ1v) is 3.76. The lowest BCUT2D eigenvalue weighted by molar-refractivity contribution is -0.268. The Hall–Kier alpha value is -2.17. The van der Waals surface area contributed by atoms with Crippen LogP contribution in [0.3, 0.4) is 0 Å². The van der Waals surface area contributed by atoms with Gasteiger partial charge in [-0.25, -0.2) is 4.79 Å². The Balaban J connectivity index is 2.34. The molecule has 14 heavy (non-hydrogen) atoms. The van der Waals surface area contributed by atoms with Crippen molar-refractivity contribution in [3.05, 3.63) is 30.2 Å². The highest BCUT2D eigenvalue weighted by atomic mass is 16.6. The van der Waals surface area contributed by atoms with Gasteiger partial charge in [-0.1, -0.05) is 6.07 Å². The van der Waals surface area contributed by atoms with Crippen LogP contribution in [-0.4, -0.2) is 11.1 Å². The van der Waals surface area contributed by atoms with E-state index in [2.05, 4.69) is 0 Å². The first-order valence-electron chi connectivity index (χ1n) is 3.76. The molecule has 0 radical (unpaired) electrons. The van der Waals surface area contributed by atoms with E-state index in [0.29, 0.717) is 0 Å². The Labute approximate surface area is 78.8 Å². The van der Waals surface area contributed by atoms with Crippen LogP contribution in [0.4, 0.5) is 0 Å². The van der Waals surface area contributed by atoms with Crippen molar-refractivity contribution in [1.82, 2.24) is 0 Å². The summed E-state index contributed by atoms with van der Waals surface area (Å²) < 4.78 is 9.86. The molecule has 0 fully saturated rings. The molecule has 1 aliphatic heterocycles. The van der Waals surface area contributed by atoms with Gasteiger partial charge < -0.3 is 19.7 Å². The molecule has 0 aromatic heterocycles. The molecule has 0 bridgehead atoms. The maximum atomic E-state index is 10.9. The van der Waals surface area contributed by atoms with Gasteiger partial charge in [-0.2, -0.15) is 0 Å². The Morgan fingerprint density at radius 2 is 2.14 bits per heavy atom. The van der Waals surface area contributed by atoms with E-state index < -0.39 is 5.97 Å². The molecule has 0 atom stereocenters. The zero-order chi connectivity index (χ0) is 10.1. The minimum Gasteiger partial charge on any atom is -0.872 e. The monoisotopic (exact) mass is 193 g/mol. The normalized spacial score (nSPS) is 13.3. The van der Waals surface area contributed by atoms with Gasteiger partial charge in [0.2, 0.25) is 5.76 Å². The Bertz CT molecular complexity index is 421. The standard InChI is InChI=1S/C9H6O5/c10-5-1-2-6-7(3-5)13-4-8(14-6)9(11)12/h1-4,10H,(H,11,12)/p-1. The van der Waals surface area contributed by atoms with Crippen molar-refractivity contribution in [3.63, 3.8) is 0 Å². The summed E-state index contributed by atoms with van der Waals surface area (Å²) in [6, 6.07) is 3.87. The topological polar surface area (TPSA) is 78.8 Å². The number of aliphatic carboxylic acids is 1. The zero-order valence-corrected chi connectivity index (χ0v) is 6.89. The molecule has 0 unspecified atom stereocenters. The number of ether oxygens (including phenoxy) is 2. The van der Waals surface area contributed by atoms with Gasteiger partial charge >= 0.3 is 5.97 Å². The summed E-state index contributed by atoms with van der Waals surface area (Å²) in [4.78, 5) is 10.5. The maximum Gasteiger partial charge on any atom is 0.375 e. The van der Waals surface area contributed by atoms with Gasteiger partial charge in [-0.3, -0.25) is 0 Å². The van der Waals surface area contributed by atoms with Crippen LogP contribution < -0.4 is 14.6 Å². The van der Waals surface area contributed by atoms with Crippen LogP contribution in [-0.2, 0) is 4.79 Å². The largest absolute Gasteiger partial charge is 0.872 e. The molecule has 5 heteroatoms. The van der Waals surface area contributed by atoms with Crippen LogP contribution in [0.25, 0.3) is 0 Å². The third kappa shape index (κ3) is 1.35. The van der Waals surface area contributed by atoms with Gasteiger partial charge in [0.15, 0.2) is 11.5 Å². The molecule has 0 spiro atoms. The average molecular weight is 193 g/mol. The second kappa shape index (κ2) is 2.95. The maximum absolute atomic E-state index is 10.9. The Morgan fingerprint density at radius 3 is 2.86 bits per heavy atom. The van der Waals surface area contributed by atoms with E-state index in [1.165, 1.54) is 18.2 Å². The average Bonchev–Trinajstić information content (AvgIpc) is 2.16. The fourth-order valence-corrected chi connectivity index (χ4v) is 1.02. The lowest BCUT2D eigenvalue weighted by Crippen LogP contribution is -2.13. The lowest BCUT2D eigenvalue weighted by Gasteiger charge is -2.17. The fourth-order valence-electron chi connectivity index (χ4n) is 1.02. The summed E-state index contributed by atoms with van der Waals surface area (Å²) in [6.07, 6.45) is 0.949. The predicted molar refractivity (Wildman–Crippen MR) is 42.9 cm³/mol. The molecule has 0 aliphatic carbocycles. The second-order valence-electron chi connectivity index (χ2n) is 2.62. The van der Waals surface area contributed by atoms with E-state index >= 15 is 0 Å². The number of hydrogen-bond acceptors (Lipinski definition) is 4. The molecule has 5 nitrogen and oxygen atoms in total. The van der Waals surface area contributed by atoms with E-state index in [1.54, 1.807) is 0 Å².